The maximum absolute atomic E-state index is 11.5. The minimum absolute atomic E-state index is 0.321. The Morgan fingerprint density at radius 1 is 1.38 bits per heavy atom. The van der Waals surface area contributed by atoms with E-state index >= 15 is 0 Å². The second-order valence-corrected chi connectivity index (χ2v) is 7.50. The number of rotatable bonds is 3. The Kier molecular flexibility index (Phi) is 4.17. The summed E-state index contributed by atoms with van der Waals surface area (Å²) in [7, 11) is 0. The molecule has 1 saturated heterocycles. The Morgan fingerprint density at radius 3 is 2.81 bits per heavy atom. The van der Waals surface area contributed by atoms with E-state index in [1.807, 2.05) is 42.1 Å². The van der Waals surface area contributed by atoms with Crippen LogP contribution in [0.3, 0.4) is 0 Å². The monoisotopic (exact) mass is 320 g/mol. The van der Waals surface area contributed by atoms with Crippen molar-refractivity contribution in [3.8, 4) is 11.3 Å². The first-order valence-corrected chi connectivity index (χ1v) is 8.68. The van der Waals surface area contributed by atoms with Crippen LogP contribution in [0.25, 0.3) is 11.3 Å². The van der Waals surface area contributed by atoms with Crippen LogP contribution in [0.5, 0.6) is 0 Å². The highest BCUT2D eigenvalue weighted by molar-refractivity contribution is 8.00. The summed E-state index contributed by atoms with van der Waals surface area (Å²) in [5.41, 5.74) is 1.44. The van der Waals surface area contributed by atoms with Crippen molar-refractivity contribution < 1.29 is 9.90 Å². The number of thioether (sulfide) groups is 1. The van der Waals surface area contributed by atoms with Crippen molar-refractivity contribution >= 4 is 34.2 Å². The van der Waals surface area contributed by atoms with Gasteiger partial charge in [0.25, 0.3) is 0 Å². The number of carboxylic acid groups (broad SMARTS) is 1. The average Bonchev–Trinajstić information content (AvgIpc) is 2.93. The fourth-order valence-corrected chi connectivity index (χ4v) is 4.35. The van der Waals surface area contributed by atoms with Gasteiger partial charge in [0.2, 0.25) is 0 Å². The van der Waals surface area contributed by atoms with Crippen molar-refractivity contribution in [2.75, 3.05) is 23.7 Å². The summed E-state index contributed by atoms with van der Waals surface area (Å²) >= 11 is 3.23. The molecule has 1 N–H and O–H groups in total. The van der Waals surface area contributed by atoms with E-state index < -0.39 is 5.97 Å². The van der Waals surface area contributed by atoms with Gasteiger partial charge in [0.05, 0.1) is 5.69 Å². The van der Waals surface area contributed by atoms with Crippen molar-refractivity contribution in [1.29, 1.82) is 0 Å². The highest BCUT2D eigenvalue weighted by Gasteiger charge is 2.24. The zero-order valence-electron chi connectivity index (χ0n) is 11.7. The van der Waals surface area contributed by atoms with Crippen LogP contribution < -0.4 is 4.90 Å². The summed E-state index contributed by atoms with van der Waals surface area (Å²) < 4.78 is 0. The van der Waals surface area contributed by atoms with E-state index in [1.54, 1.807) is 0 Å². The number of carboxylic acids is 1. The van der Waals surface area contributed by atoms with Crippen LogP contribution in [0.4, 0.5) is 5.13 Å². The fourth-order valence-electron chi connectivity index (χ4n) is 2.37. The van der Waals surface area contributed by atoms with Crippen LogP contribution in [0, 0.1) is 0 Å². The van der Waals surface area contributed by atoms with Gasteiger partial charge in [-0.25, -0.2) is 9.78 Å². The van der Waals surface area contributed by atoms with E-state index in [2.05, 4.69) is 16.8 Å². The van der Waals surface area contributed by atoms with Crippen LogP contribution in [-0.4, -0.2) is 40.2 Å². The van der Waals surface area contributed by atoms with Gasteiger partial charge in [-0.2, -0.15) is 11.8 Å². The number of nitrogens with zero attached hydrogens (tertiary/aromatic N) is 2. The largest absolute Gasteiger partial charge is 0.477 e. The molecule has 3 rings (SSSR count). The second-order valence-electron chi connectivity index (χ2n) is 4.97. The normalized spacial score (nSPS) is 18.7. The van der Waals surface area contributed by atoms with E-state index in [9.17, 15) is 9.90 Å². The van der Waals surface area contributed by atoms with Crippen LogP contribution >= 0.6 is 23.1 Å². The number of thiazole rings is 1. The molecule has 1 aromatic heterocycles. The highest BCUT2D eigenvalue weighted by Crippen LogP contribution is 2.34. The van der Waals surface area contributed by atoms with Crippen molar-refractivity contribution in [3.63, 3.8) is 0 Å². The van der Waals surface area contributed by atoms with Crippen LogP contribution in [0.2, 0.25) is 0 Å². The highest BCUT2D eigenvalue weighted by atomic mass is 32.2. The van der Waals surface area contributed by atoms with Crippen molar-refractivity contribution in [2.24, 2.45) is 0 Å². The van der Waals surface area contributed by atoms with Crippen molar-refractivity contribution in [3.05, 3.63) is 35.2 Å². The smallest absolute Gasteiger partial charge is 0.348 e. The third-order valence-electron chi connectivity index (χ3n) is 3.37. The standard InChI is InChI=1S/C15H16N2O2S2/c1-10-9-17(7-8-20-10)15-16-12(13(21-15)14(18)19)11-5-3-2-4-6-11/h2-6,10H,7-9H2,1H3,(H,18,19). The summed E-state index contributed by atoms with van der Waals surface area (Å²) in [6.45, 7) is 4.04. The lowest BCUT2D eigenvalue weighted by Crippen LogP contribution is -2.36. The van der Waals surface area contributed by atoms with Crippen LogP contribution in [-0.2, 0) is 0 Å². The number of hydrogen-bond donors (Lipinski definition) is 1. The van der Waals surface area contributed by atoms with Gasteiger partial charge in [-0.15, -0.1) is 0 Å². The van der Waals surface area contributed by atoms with E-state index in [1.165, 1.54) is 11.3 Å². The van der Waals surface area contributed by atoms with Crippen molar-refractivity contribution in [2.45, 2.75) is 12.2 Å². The number of carbonyl (C=O) groups is 1. The molecule has 0 aliphatic carbocycles. The molecule has 1 aliphatic rings. The Bertz CT molecular complexity index is 642. The number of benzene rings is 1. The average molecular weight is 320 g/mol. The maximum Gasteiger partial charge on any atom is 0.348 e. The first-order chi connectivity index (χ1) is 10.1. The van der Waals surface area contributed by atoms with Gasteiger partial charge < -0.3 is 10.0 Å². The molecule has 0 bridgehead atoms. The quantitative estimate of drug-likeness (QED) is 0.939. The molecule has 1 atom stereocenters. The van der Waals surface area contributed by atoms with Gasteiger partial charge in [0.15, 0.2) is 5.13 Å². The molecule has 4 nitrogen and oxygen atoms in total. The molecule has 2 aromatic rings. The summed E-state index contributed by atoms with van der Waals surface area (Å²) in [6, 6.07) is 9.53. The van der Waals surface area contributed by atoms with E-state index in [4.69, 9.17) is 0 Å². The van der Waals surface area contributed by atoms with Gasteiger partial charge in [-0.1, -0.05) is 48.6 Å². The second kappa shape index (κ2) is 6.07. The Balaban J connectivity index is 1.99. The van der Waals surface area contributed by atoms with E-state index in [0.717, 1.165) is 29.5 Å². The Labute approximate surface area is 131 Å². The van der Waals surface area contributed by atoms with Crippen molar-refractivity contribution in [1.82, 2.24) is 4.98 Å². The third-order valence-corrected chi connectivity index (χ3v) is 5.61. The molecular weight excluding hydrogens is 304 g/mol. The minimum atomic E-state index is -0.906. The lowest BCUT2D eigenvalue weighted by atomic mass is 10.1. The number of aromatic carboxylic acids is 1. The predicted octanol–water partition coefficient (Wildman–Crippen LogP) is 3.45. The fraction of sp³-hybridized carbons (Fsp3) is 0.333. The Morgan fingerprint density at radius 2 is 2.14 bits per heavy atom. The molecule has 110 valence electrons. The molecule has 2 heterocycles. The Hall–Kier alpha value is -1.53. The molecule has 0 spiro atoms. The number of aromatic nitrogens is 1. The van der Waals surface area contributed by atoms with Crippen LogP contribution in [0.1, 0.15) is 16.6 Å². The topological polar surface area (TPSA) is 53.4 Å². The van der Waals surface area contributed by atoms with E-state index in [0.29, 0.717) is 15.8 Å². The predicted molar refractivity (Wildman–Crippen MR) is 88.6 cm³/mol. The lowest BCUT2D eigenvalue weighted by molar-refractivity contribution is 0.0702. The zero-order valence-corrected chi connectivity index (χ0v) is 13.3. The first-order valence-electron chi connectivity index (χ1n) is 6.81. The van der Waals surface area contributed by atoms with E-state index in [-0.39, 0.29) is 0 Å². The summed E-state index contributed by atoms with van der Waals surface area (Å²) in [6.07, 6.45) is 0. The molecule has 1 fully saturated rings. The molecule has 0 radical (unpaired) electrons. The van der Waals surface area contributed by atoms with Gasteiger partial charge in [-0.3, -0.25) is 0 Å². The van der Waals surface area contributed by atoms with Crippen LogP contribution in [0.15, 0.2) is 30.3 Å². The SMILES string of the molecule is CC1CN(c2nc(-c3ccccc3)c(C(=O)O)s2)CCS1. The summed E-state index contributed by atoms with van der Waals surface area (Å²) in [5, 5.41) is 10.8. The summed E-state index contributed by atoms with van der Waals surface area (Å²) in [5.74, 6) is 0.154. The molecular formula is C15H16N2O2S2. The number of anilines is 1. The molecule has 0 amide bonds. The molecule has 1 aromatic carbocycles. The summed E-state index contributed by atoms with van der Waals surface area (Å²) in [4.78, 5) is 18.6. The molecule has 1 aliphatic heterocycles. The molecule has 6 heteroatoms. The maximum atomic E-state index is 11.5. The van der Waals surface area contributed by atoms with Gasteiger partial charge in [-0.05, 0) is 0 Å². The molecule has 0 saturated carbocycles. The molecule has 1 unspecified atom stereocenters. The molecule has 21 heavy (non-hydrogen) atoms. The van der Waals surface area contributed by atoms with Gasteiger partial charge in [0.1, 0.15) is 4.88 Å². The van der Waals surface area contributed by atoms with Gasteiger partial charge in [0, 0.05) is 29.7 Å². The van der Waals surface area contributed by atoms with Gasteiger partial charge >= 0.3 is 5.97 Å². The third kappa shape index (κ3) is 3.06. The lowest BCUT2D eigenvalue weighted by Gasteiger charge is -2.30. The zero-order chi connectivity index (χ0) is 14.8. The minimum Gasteiger partial charge on any atom is -0.477 e. The first kappa shape index (κ1) is 14.4. The number of hydrogen-bond acceptors (Lipinski definition) is 5.